The summed E-state index contributed by atoms with van der Waals surface area (Å²) in [7, 11) is 1.62. The van der Waals surface area contributed by atoms with E-state index in [1.165, 1.54) is 12.8 Å². The molecule has 0 bridgehead atoms. The van der Waals surface area contributed by atoms with E-state index in [1.54, 1.807) is 7.11 Å². The molecule has 32 heavy (non-hydrogen) atoms. The van der Waals surface area contributed by atoms with Crippen molar-refractivity contribution in [2.45, 2.75) is 38.6 Å². The highest BCUT2D eigenvalue weighted by atomic mass is 16.5. The second-order valence-electron chi connectivity index (χ2n) is 8.91. The molecule has 2 aliphatic rings. The number of nitrogens with zero attached hydrogens (tertiary/aromatic N) is 2. The highest BCUT2D eigenvalue weighted by Crippen LogP contribution is 2.32. The molecule has 2 amide bonds. The van der Waals surface area contributed by atoms with E-state index >= 15 is 0 Å². The molecular weight excluding hydrogens is 402 g/mol. The van der Waals surface area contributed by atoms with Gasteiger partial charge in [0.05, 0.1) is 13.2 Å². The number of aryl methyl sites for hydroxylation is 1. The molecule has 2 aromatic rings. The van der Waals surface area contributed by atoms with Crippen LogP contribution in [-0.2, 0) is 4.79 Å². The predicted molar refractivity (Wildman–Crippen MR) is 126 cm³/mol. The Labute approximate surface area is 190 Å². The van der Waals surface area contributed by atoms with Crippen molar-refractivity contribution in [3.05, 3.63) is 59.7 Å². The first kappa shape index (κ1) is 22.3. The molecule has 1 atom stereocenters. The molecule has 2 aromatic carbocycles. The van der Waals surface area contributed by atoms with Crippen molar-refractivity contribution >= 4 is 17.5 Å². The summed E-state index contributed by atoms with van der Waals surface area (Å²) >= 11 is 0. The Bertz CT molecular complexity index is 947. The number of piperazine rings is 1. The van der Waals surface area contributed by atoms with E-state index in [4.69, 9.17) is 4.74 Å². The number of carbonyl (C=O) groups is 2. The molecule has 1 heterocycles. The summed E-state index contributed by atoms with van der Waals surface area (Å²) in [5.41, 5.74) is 2.58. The van der Waals surface area contributed by atoms with Crippen molar-refractivity contribution in [3.63, 3.8) is 0 Å². The van der Waals surface area contributed by atoms with E-state index in [2.05, 4.69) is 10.2 Å². The average Bonchev–Trinajstić information content (AvgIpc) is 3.33. The quantitative estimate of drug-likeness (QED) is 0.746. The van der Waals surface area contributed by atoms with Crippen molar-refractivity contribution in [1.29, 1.82) is 0 Å². The zero-order valence-corrected chi connectivity index (χ0v) is 19.0. The summed E-state index contributed by atoms with van der Waals surface area (Å²) in [5, 5.41) is 3.12. The van der Waals surface area contributed by atoms with Gasteiger partial charge in [-0.05, 0) is 49.9 Å². The Morgan fingerprint density at radius 3 is 2.41 bits per heavy atom. The van der Waals surface area contributed by atoms with Gasteiger partial charge < -0.3 is 15.0 Å². The Morgan fingerprint density at radius 1 is 1.00 bits per heavy atom. The van der Waals surface area contributed by atoms with Crippen molar-refractivity contribution in [2.24, 2.45) is 5.92 Å². The number of amides is 2. The van der Waals surface area contributed by atoms with E-state index in [-0.39, 0.29) is 17.9 Å². The van der Waals surface area contributed by atoms with Crippen molar-refractivity contribution in [3.8, 4) is 5.75 Å². The zero-order chi connectivity index (χ0) is 22.5. The molecule has 6 heteroatoms. The largest absolute Gasteiger partial charge is 0.497 e. The summed E-state index contributed by atoms with van der Waals surface area (Å²) in [6, 6.07) is 15.1. The summed E-state index contributed by atoms with van der Waals surface area (Å²) in [4.78, 5) is 30.5. The van der Waals surface area contributed by atoms with E-state index in [0.29, 0.717) is 32.1 Å². The molecule has 0 radical (unpaired) electrons. The summed E-state index contributed by atoms with van der Waals surface area (Å²) in [5.74, 6) is 1.21. The number of carbonyl (C=O) groups excluding carboxylic acids is 2. The minimum Gasteiger partial charge on any atom is -0.497 e. The highest BCUT2D eigenvalue weighted by molar-refractivity contribution is 5.96. The normalized spacial score (nSPS) is 18.4. The highest BCUT2D eigenvalue weighted by Gasteiger charge is 2.37. The first-order valence-corrected chi connectivity index (χ1v) is 11.6. The van der Waals surface area contributed by atoms with Crippen LogP contribution in [0.2, 0.25) is 0 Å². The van der Waals surface area contributed by atoms with Gasteiger partial charge in [-0.3, -0.25) is 14.5 Å². The van der Waals surface area contributed by atoms with Crippen LogP contribution in [0.25, 0.3) is 0 Å². The molecular formula is C26H33N3O3. The van der Waals surface area contributed by atoms with Gasteiger partial charge in [-0.2, -0.15) is 0 Å². The maximum absolute atomic E-state index is 13.4. The second-order valence-corrected chi connectivity index (χ2v) is 8.91. The second kappa shape index (κ2) is 10.2. The van der Waals surface area contributed by atoms with Gasteiger partial charge in [0.2, 0.25) is 5.91 Å². The number of ether oxygens (including phenoxy) is 1. The fourth-order valence-corrected chi connectivity index (χ4v) is 5.03. The number of anilines is 1. The molecule has 0 aromatic heterocycles. The molecule has 1 N–H and O–H groups in total. The summed E-state index contributed by atoms with van der Waals surface area (Å²) in [6.07, 6.45) is 4.52. The smallest absolute Gasteiger partial charge is 0.253 e. The molecule has 6 nitrogen and oxygen atoms in total. The van der Waals surface area contributed by atoms with Crippen molar-refractivity contribution < 1.29 is 14.3 Å². The third kappa shape index (κ3) is 5.13. The molecule has 1 aliphatic heterocycles. The summed E-state index contributed by atoms with van der Waals surface area (Å²) < 4.78 is 5.29. The molecule has 0 spiro atoms. The maximum Gasteiger partial charge on any atom is 0.253 e. The van der Waals surface area contributed by atoms with E-state index in [1.807, 2.05) is 60.4 Å². The standard InChI is InChI=1S/C26H33N3O3/c1-19-7-5-10-21(17-19)26(31)29-15-13-28(14-16-29)24(20-8-3-4-9-20)25(30)27-22-11-6-12-23(18-22)32-2/h5-7,10-12,17-18,20,24H,3-4,8-9,13-16H2,1-2H3,(H,27,30). The minimum atomic E-state index is -0.167. The number of nitrogens with one attached hydrogen (secondary N) is 1. The third-order valence-electron chi connectivity index (χ3n) is 6.71. The van der Waals surface area contributed by atoms with Crippen LogP contribution in [0.15, 0.2) is 48.5 Å². The third-order valence-corrected chi connectivity index (χ3v) is 6.71. The van der Waals surface area contributed by atoms with Crippen molar-refractivity contribution in [2.75, 3.05) is 38.6 Å². The van der Waals surface area contributed by atoms with E-state index in [9.17, 15) is 9.59 Å². The zero-order valence-electron chi connectivity index (χ0n) is 19.0. The van der Waals surface area contributed by atoms with Gasteiger partial charge >= 0.3 is 0 Å². The van der Waals surface area contributed by atoms with Crippen LogP contribution < -0.4 is 10.1 Å². The molecule has 1 saturated carbocycles. The number of hydrogen-bond donors (Lipinski definition) is 1. The topological polar surface area (TPSA) is 61.9 Å². The average molecular weight is 436 g/mol. The number of hydrogen-bond acceptors (Lipinski definition) is 4. The van der Waals surface area contributed by atoms with Crippen LogP contribution >= 0.6 is 0 Å². The fraction of sp³-hybridized carbons (Fsp3) is 0.462. The monoisotopic (exact) mass is 435 g/mol. The lowest BCUT2D eigenvalue weighted by Gasteiger charge is -2.40. The lowest BCUT2D eigenvalue weighted by molar-refractivity contribution is -0.123. The van der Waals surface area contributed by atoms with Gasteiger partial charge in [-0.25, -0.2) is 0 Å². The van der Waals surface area contributed by atoms with Crippen LogP contribution in [0.3, 0.4) is 0 Å². The van der Waals surface area contributed by atoms with E-state index in [0.717, 1.165) is 35.4 Å². The Kier molecular flexibility index (Phi) is 7.10. The maximum atomic E-state index is 13.4. The van der Waals surface area contributed by atoms with Crippen LogP contribution in [0.1, 0.15) is 41.6 Å². The molecule has 170 valence electrons. The minimum absolute atomic E-state index is 0.0450. The van der Waals surface area contributed by atoms with Gasteiger partial charge in [0.25, 0.3) is 5.91 Å². The lowest BCUT2D eigenvalue weighted by atomic mass is 9.94. The predicted octanol–water partition coefficient (Wildman–Crippen LogP) is 3.96. The summed E-state index contributed by atoms with van der Waals surface area (Å²) in [6.45, 7) is 4.71. The van der Waals surface area contributed by atoms with E-state index < -0.39 is 0 Å². The van der Waals surface area contributed by atoms with Crippen LogP contribution in [0.5, 0.6) is 5.75 Å². The van der Waals surface area contributed by atoms with Crippen molar-refractivity contribution in [1.82, 2.24) is 9.80 Å². The molecule has 1 aliphatic carbocycles. The van der Waals surface area contributed by atoms with Gasteiger partial charge in [0.1, 0.15) is 5.75 Å². The molecule has 1 saturated heterocycles. The number of rotatable bonds is 6. The van der Waals surface area contributed by atoms with Gasteiger partial charge in [-0.1, -0.05) is 36.6 Å². The molecule has 2 fully saturated rings. The number of benzene rings is 2. The Hall–Kier alpha value is -2.86. The fourth-order valence-electron chi connectivity index (χ4n) is 5.03. The van der Waals surface area contributed by atoms with Crippen LogP contribution in [0.4, 0.5) is 5.69 Å². The first-order chi connectivity index (χ1) is 15.5. The molecule has 4 rings (SSSR count). The van der Waals surface area contributed by atoms with Gasteiger partial charge in [0.15, 0.2) is 0 Å². The van der Waals surface area contributed by atoms with Crippen LogP contribution in [0, 0.1) is 12.8 Å². The molecule has 1 unspecified atom stereocenters. The number of methoxy groups -OCH3 is 1. The Balaban J connectivity index is 1.43. The lowest BCUT2D eigenvalue weighted by Crippen LogP contribution is -2.56. The SMILES string of the molecule is COc1cccc(NC(=O)C(C2CCCC2)N2CCN(C(=O)c3cccc(C)c3)CC2)c1. The van der Waals surface area contributed by atoms with Gasteiger partial charge in [-0.15, -0.1) is 0 Å². The van der Waals surface area contributed by atoms with Crippen LogP contribution in [-0.4, -0.2) is 60.9 Å². The Morgan fingerprint density at radius 2 is 1.72 bits per heavy atom. The van der Waals surface area contributed by atoms with Gasteiger partial charge in [0, 0.05) is 43.5 Å². The first-order valence-electron chi connectivity index (χ1n) is 11.6.